The van der Waals surface area contributed by atoms with Gasteiger partial charge in [0.1, 0.15) is 28.3 Å². The number of nitrogens with one attached hydrogen (secondary N) is 1. The fourth-order valence-electron chi connectivity index (χ4n) is 9.10. The lowest BCUT2D eigenvalue weighted by Crippen LogP contribution is -2.39. The molecular weight excluding hydrogens is 1070 g/mol. The maximum Gasteiger partial charge on any atom is 0.420 e. The van der Waals surface area contributed by atoms with Gasteiger partial charge in [0.15, 0.2) is 19.7 Å². The van der Waals surface area contributed by atoms with Gasteiger partial charge in [0.05, 0.1) is 63.8 Å². The van der Waals surface area contributed by atoms with Crippen molar-refractivity contribution in [1.82, 2.24) is 19.5 Å². The molecule has 0 bridgehead atoms. The number of alkyl halides is 4. The lowest BCUT2D eigenvalue weighted by Gasteiger charge is -2.34. The van der Waals surface area contributed by atoms with Gasteiger partial charge in [-0.15, -0.1) is 0 Å². The summed E-state index contributed by atoms with van der Waals surface area (Å²) in [4.78, 5) is 30.0. The fraction of sp³-hybridized carbons (Fsp3) is 0.471. The number of imidazole rings is 2. The van der Waals surface area contributed by atoms with Gasteiger partial charge in [-0.3, -0.25) is 0 Å². The normalized spacial score (nSPS) is 18.2. The smallest absolute Gasteiger partial charge is 0.420 e. The van der Waals surface area contributed by atoms with Crippen LogP contribution in [0.3, 0.4) is 0 Å². The molecule has 2 saturated carbocycles. The van der Waals surface area contributed by atoms with Crippen LogP contribution in [0.4, 0.5) is 33.7 Å². The summed E-state index contributed by atoms with van der Waals surface area (Å²) in [5.74, 6) is -3.53. The number of carbonyl (C=O) groups excluding carboxylic acids is 1. The molecule has 0 atom stereocenters. The fourth-order valence-corrected chi connectivity index (χ4v) is 14.0. The summed E-state index contributed by atoms with van der Waals surface area (Å²) in [6.07, 6.45) is 2.70. The van der Waals surface area contributed by atoms with Crippen LogP contribution in [0.1, 0.15) is 94.9 Å². The van der Waals surface area contributed by atoms with Gasteiger partial charge in [0.25, 0.3) is 11.8 Å². The minimum atomic E-state index is -3.36. The number of halogens is 8. The zero-order valence-corrected chi connectivity index (χ0v) is 44.9. The zero-order chi connectivity index (χ0) is 52.4. The van der Waals surface area contributed by atoms with E-state index in [-0.39, 0.29) is 90.6 Å². The molecule has 4 heterocycles. The summed E-state index contributed by atoms with van der Waals surface area (Å²) in [7, 11) is -6.61. The second-order valence-electron chi connectivity index (χ2n) is 20.6. The predicted octanol–water partition coefficient (Wildman–Crippen LogP) is 13.0. The van der Waals surface area contributed by atoms with E-state index < -0.39 is 43.2 Å². The Morgan fingerprint density at radius 2 is 1.11 bits per heavy atom. The summed E-state index contributed by atoms with van der Waals surface area (Å²) in [6.45, 7) is 5.73. The van der Waals surface area contributed by atoms with E-state index in [0.29, 0.717) is 72.4 Å². The quantitative estimate of drug-likeness (QED) is 0.117. The first-order valence-electron chi connectivity index (χ1n) is 24.1. The van der Waals surface area contributed by atoms with Gasteiger partial charge in [-0.25, -0.2) is 53.7 Å². The number of hydrogen-bond donors (Lipinski definition) is 1. The number of aromatic amines is 1. The Balaban J connectivity index is 0.000000183. The van der Waals surface area contributed by atoms with Crippen LogP contribution in [0.5, 0.6) is 0 Å². The summed E-state index contributed by atoms with van der Waals surface area (Å²) in [5.41, 5.74) is 3.58. The molecule has 4 aliphatic rings. The van der Waals surface area contributed by atoms with E-state index in [2.05, 4.69) is 15.0 Å². The summed E-state index contributed by atoms with van der Waals surface area (Å²) in [5, 5.41) is 1.10. The van der Waals surface area contributed by atoms with E-state index in [1.807, 2.05) is 0 Å². The Morgan fingerprint density at radius 1 is 0.671 bits per heavy atom. The van der Waals surface area contributed by atoms with Crippen molar-refractivity contribution in [3.63, 3.8) is 0 Å². The Kier molecular flexibility index (Phi) is 14.9. The van der Waals surface area contributed by atoms with Crippen LogP contribution in [0.2, 0.25) is 20.1 Å². The first-order chi connectivity index (χ1) is 34.2. The molecule has 0 unspecified atom stereocenters. The van der Waals surface area contributed by atoms with Gasteiger partial charge in [-0.1, -0.05) is 70.7 Å². The number of hydrogen-bond acceptors (Lipinski definition) is 10. The Bertz CT molecular complexity index is 3290. The average Bonchev–Trinajstić information content (AvgIpc) is 4.22. The SMILES string of the molecule is CC(C)(C)OC(=O)n1c(Cc2ccc(S(=O)(=O)CC3CC3)cc2)nc2c(Cl)c(N3CCC(F)(F)CC3)c(Cl)cc21.O=S(=O)(CC1CC1)c1ccc(Cc2nc3c(Cl)c(N4CCC(F)(F)CC4)c(Cl)cc3[nH]2)cc1. The van der Waals surface area contributed by atoms with Crippen LogP contribution in [0, 0.1) is 11.8 Å². The molecule has 6 aromatic rings. The van der Waals surface area contributed by atoms with E-state index in [0.717, 1.165) is 36.8 Å². The maximum absolute atomic E-state index is 13.8. The number of anilines is 2. The number of piperidine rings is 2. The third kappa shape index (κ3) is 12.5. The third-order valence-corrected chi connectivity index (χ3v) is 18.5. The van der Waals surface area contributed by atoms with E-state index in [1.165, 1.54) is 4.57 Å². The highest BCUT2D eigenvalue weighted by molar-refractivity contribution is 7.91. The zero-order valence-electron chi connectivity index (χ0n) is 40.3. The standard InChI is InChI=1S/C28H31Cl2F2N3O4S.C23H23Cl2F2N3O2S/c1-27(2,3)39-26(36)35-21-15-20(29)25(34-12-10-28(31,32)11-13-34)23(30)24(21)33-22(35)14-17-6-8-19(9-7-17)40(37,38)16-18-4-5-18;24-17-12-18-21(20(25)22(17)30-9-7-23(26,27)8-10-30)29-19(28-18)11-14-3-5-16(6-4-14)33(31,32)13-15-1-2-15/h6-9,15,18H,4-5,10-14,16H2,1-3H3;3-6,12,15H,1-2,7-11,13H2,(H,28,29). The number of nitrogens with zero attached hydrogens (tertiary/aromatic N) is 5. The number of aromatic nitrogens is 4. The van der Waals surface area contributed by atoms with Crippen molar-refractivity contribution in [2.75, 3.05) is 47.5 Å². The highest BCUT2D eigenvalue weighted by atomic mass is 35.5. The number of benzene rings is 4. The topological polar surface area (TPSA) is 148 Å². The summed E-state index contributed by atoms with van der Waals surface area (Å²) in [6, 6.07) is 16.7. The molecule has 2 saturated heterocycles. The molecule has 2 aliphatic heterocycles. The maximum atomic E-state index is 13.8. The van der Waals surface area contributed by atoms with Crippen LogP contribution in [0.25, 0.3) is 22.1 Å². The van der Waals surface area contributed by atoms with Crippen LogP contribution in [-0.2, 0) is 37.3 Å². The molecule has 10 rings (SSSR count). The van der Waals surface area contributed by atoms with Crippen LogP contribution in [0.15, 0.2) is 70.5 Å². The molecule has 2 aromatic heterocycles. The lowest BCUT2D eigenvalue weighted by atomic mass is 10.1. The third-order valence-electron chi connectivity index (χ3n) is 13.4. The first kappa shape index (κ1) is 53.5. The number of fused-ring (bicyclic) bond motifs is 2. The molecular formula is C51H54Cl4F4N6O6S2. The number of sulfone groups is 2. The largest absolute Gasteiger partial charge is 0.443 e. The number of carbonyl (C=O) groups is 1. The minimum Gasteiger partial charge on any atom is -0.443 e. The number of ether oxygens (including phenoxy) is 1. The van der Waals surface area contributed by atoms with Gasteiger partial charge in [0.2, 0.25) is 0 Å². The Labute approximate surface area is 441 Å². The monoisotopic (exact) mass is 1130 g/mol. The lowest BCUT2D eigenvalue weighted by molar-refractivity contribution is -0.0226. The van der Waals surface area contributed by atoms with Crippen LogP contribution in [-0.4, -0.2) is 97.6 Å². The van der Waals surface area contributed by atoms with Gasteiger partial charge >= 0.3 is 6.09 Å². The van der Waals surface area contributed by atoms with Crippen molar-refractivity contribution in [2.24, 2.45) is 11.8 Å². The molecule has 1 N–H and O–H groups in total. The molecule has 0 spiro atoms. The van der Waals surface area contributed by atoms with Crippen LogP contribution >= 0.6 is 46.4 Å². The molecule has 0 radical (unpaired) electrons. The molecule has 2 aliphatic carbocycles. The number of H-pyrrole nitrogens is 1. The van der Waals surface area contributed by atoms with Gasteiger partial charge in [0, 0.05) is 64.7 Å². The van der Waals surface area contributed by atoms with Crippen molar-refractivity contribution in [3.8, 4) is 0 Å². The molecule has 4 fully saturated rings. The van der Waals surface area contributed by atoms with Crippen molar-refractivity contribution in [1.29, 1.82) is 0 Å². The minimum absolute atomic E-state index is 0.0770. The Morgan fingerprint density at radius 3 is 1.56 bits per heavy atom. The summed E-state index contributed by atoms with van der Waals surface area (Å²) >= 11 is 26.5. The highest BCUT2D eigenvalue weighted by Crippen LogP contribution is 2.44. The second kappa shape index (κ2) is 20.3. The van der Waals surface area contributed by atoms with Crippen molar-refractivity contribution in [3.05, 3.63) is 104 Å². The van der Waals surface area contributed by atoms with Crippen molar-refractivity contribution >= 4 is 106 Å². The van der Waals surface area contributed by atoms with Gasteiger partial charge in [-0.2, -0.15) is 0 Å². The molecule has 392 valence electrons. The Hall–Kier alpha value is -4.33. The molecule has 0 amide bonds. The van der Waals surface area contributed by atoms with Crippen molar-refractivity contribution in [2.45, 2.75) is 112 Å². The van der Waals surface area contributed by atoms with Gasteiger partial charge < -0.3 is 19.5 Å². The van der Waals surface area contributed by atoms with Crippen LogP contribution < -0.4 is 9.80 Å². The second-order valence-corrected chi connectivity index (χ2v) is 26.2. The van der Waals surface area contributed by atoms with Crippen molar-refractivity contribution < 1.29 is 43.9 Å². The molecule has 22 heteroatoms. The van der Waals surface area contributed by atoms with E-state index in [1.54, 1.807) is 91.2 Å². The highest BCUT2D eigenvalue weighted by Gasteiger charge is 2.38. The summed E-state index contributed by atoms with van der Waals surface area (Å²) < 4.78 is 112. The average molecular weight is 1130 g/mol. The van der Waals surface area contributed by atoms with Gasteiger partial charge in [-0.05, 0) is 106 Å². The van der Waals surface area contributed by atoms with E-state index in [4.69, 9.17) is 51.1 Å². The predicted molar refractivity (Wildman–Crippen MR) is 278 cm³/mol. The molecule has 4 aromatic carbocycles. The molecule has 73 heavy (non-hydrogen) atoms. The number of rotatable bonds is 12. The first-order valence-corrected chi connectivity index (χ1v) is 28.9. The van der Waals surface area contributed by atoms with E-state index >= 15 is 0 Å². The van der Waals surface area contributed by atoms with E-state index in [9.17, 15) is 39.2 Å². The molecule has 12 nitrogen and oxygen atoms in total.